The molecule has 4 aromatic carbocycles. The van der Waals surface area contributed by atoms with Gasteiger partial charge in [0.1, 0.15) is 10.8 Å². The number of rotatable bonds is 7. The average Bonchev–Trinajstić information content (AvgIpc) is 3.35. The molecule has 2 atom stereocenters. The van der Waals surface area contributed by atoms with E-state index in [1.54, 1.807) is 62.6 Å². The predicted molar refractivity (Wildman–Crippen MR) is 154 cm³/mol. The number of hydrogen-bond donors (Lipinski definition) is 0. The lowest BCUT2D eigenvalue weighted by Gasteiger charge is -2.44. The molecule has 2 aliphatic rings. The van der Waals surface area contributed by atoms with Gasteiger partial charge in [0, 0.05) is 49.4 Å². The van der Waals surface area contributed by atoms with Crippen molar-refractivity contribution in [2.45, 2.75) is 23.7 Å². The van der Waals surface area contributed by atoms with Crippen LogP contribution in [-0.4, -0.2) is 37.5 Å². The molecule has 2 heterocycles. The van der Waals surface area contributed by atoms with Gasteiger partial charge in [-0.3, -0.25) is 19.2 Å². The Kier molecular flexibility index (Phi) is 5.99. The average molecular weight is 529 g/mol. The van der Waals surface area contributed by atoms with Crippen molar-refractivity contribution < 1.29 is 19.2 Å². The van der Waals surface area contributed by atoms with Crippen molar-refractivity contribution in [3.8, 4) is 0 Å². The zero-order chi connectivity index (χ0) is 28.1. The molecule has 4 aromatic rings. The first-order chi connectivity index (χ1) is 19.3. The van der Waals surface area contributed by atoms with Crippen LogP contribution in [0.2, 0.25) is 0 Å². The molecular weight excluding hydrogens is 500 g/mol. The van der Waals surface area contributed by atoms with E-state index in [9.17, 15) is 19.2 Å². The minimum absolute atomic E-state index is 0.271. The lowest BCUT2D eigenvalue weighted by Crippen LogP contribution is -2.61. The summed E-state index contributed by atoms with van der Waals surface area (Å²) in [5.41, 5.74) is -0.0327. The molecule has 6 nitrogen and oxygen atoms in total. The number of nitrogens with zero attached hydrogens (tertiary/aromatic N) is 2. The summed E-state index contributed by atoms with van der Waals surface area (Å²) < 4.78 is 0. The number of benzene rings is 4. The Bertz CT molecular complexity index is 1540. The van der Waals surface area contributed by atoms with Crippen LogP contribution in [0, 0.1) is 0 Å². The Morgan fingerprint density at radius 2 is 0.850 bits per heavy atom. The van der Waals surface area contributed by atoms with Crippen LogP contribution in [0.15, 0.2) is 109 Å². The highest BCUT2D eigenvalue weighted by Crippen LogP contribution is 2.61. The zero-order valence-electron chi connectivity index (χ0n) is 22.3. The van der Waals surface area contributed by atoms with E-state index < -0.39 is 10.8 Å². The van der Waals surface area contributed by atoms with Crippen LogP contribution in [0.3, 0.4) is 0 Å². The van der Waals surface area contributed by atoms with E-state index in [0.29, 0.717) is 33.6 Å². The van der Waals surface area contributed by atoms with E-state index in [-0.39, 0.29) is 36.2 Å². The molecule has 2 unspecified atom stereocenters. The standard InChI is InChI=1S/C34H28N2O4/c1-35-27-19-11-9-17-25(27)33(31(35)39,21-29(37)23-13-5-3-6-14-23)34(22-30(38)24-15-7-4-8-16-24)26-18-10-12-20-28(26)36(2)32(34)40/h3-20H,21-22H2,1-2H3. The van der Waals surface area contributed by atoms with Gasteiger partial charge in [-0.25, -0.2) is 0 Å². The zero-order valence-corrected chi connectivity index (χ0v) is 22.3. The van der Waals surface area contributed by atoms with Gasteiger partial charge in [0.15, 0.2) is 11.6 Å². The quantitative estimate of drug-likeness (QED) is 0.303. The minimum Gasteiger partial charge on any atom is -0.314 e. The highest BCUT2D eigenvalue weighted by atomic mass is 16.2. The molecule has 6 heteroatoms. The number of anilines is 2. The molecule has 6 rings (SSSR count). The number of Topliss-reactive ketones (excluding diaryl/α,β-unsaturated/α-hetero) is 2. The van der Waals surface area contributed by atoms with Crippen molar-refractivity contribution >= 4 is 34.8 Å². The van der Waals surface area contributed by atoms with Gasteiger partial charge in [0.25, 0.3) is 0 Å². The highest BCUT2D eigenvalue weighted by molar-refractivity contribution is 6.22. The van der Waals surface area contributed by atoms with E-state index >= 15 is 0 Å². The van der Waals surface area contributed by atoms with Gasteiger partial charge >= 0.3 is 0 Å². The van der Waals surface area contributed by atoms with Crippen LogP contribution < -0.4 is 9.80 Å². The third kappa shape index (κ3) is 3.42. The summed E-state index contributed by atoms with van der Waals surface area (Å²) in [5, 5.41) is 0. The molecule has 0 spiro atoms. The summed E-state index contributed by atoms with van der Waals surface area (Å²) in [7, 11) is 3.33. The number of para-hydroxylation sites is 2. The summed E-state index contributed by atoms with van der Waals surface area (Å²) in [5.74, 6) is -1.30. The molecule has 0 aromatic heterocycles. The first-order valence-electron chi connectivity index (χ1n) is 13.2. The second-order valence-corrected chi connectivity index (χ2v) is 10.5. The predicted octanol–water partition coefficient (Wildman–Crippen LogP) is 5.36. The van der Waals surface area contributed by atoms with Gasteiger partial charge in [0.05, 0.1) is 0 Å². The van der Waals surface area contributed by atoms with Crippen LogP contribution in [0.4, 0.5) is 11.4 Å². The second-order valence-electron chi connectivity index (χ2n) is 10.5. The number of fused-ring (bicyclic) bond motifs is 2. The van der Waals surface area contributed by atoms with Crippen molar-refractivity contribution in [3.05, 3.63) is 131 Å². The molecule has 2 amide bonds. The SMILES string of the molecule is CN1C(=O)C(CC(=O)c2ccccc2)(C2(CC(=O)c3ccccc3)C(=O)N(C)c3ccccc32)c2ccccc21. The summed E-state index contributed by atoms with van der Waals surface area (Å²) in [6, 6.07) is 32.1. The molecule has 40 heavy (non-hydrogen) atoms. The van der Waals surface area contributed by atoms with E-state index in [4.69, 9.17) is 0 Å². The minimum atomic E-state index is -1.66. The van der Waals surface area contributed by atoms with Crippen LogP contribution >= 0.6 is 0 Å². The summed E-state index contributed by atoms with van der Waals surface area (Å²) in [6.45, 7) is 0. The summed E-state index contributed by atoms with van der Waals surface area (Å²) in [6.07, 6.45) is -0.541. The molecule has 198 valence electrons. The molecule has 2 aliphatic heterocycles. The Labute approximate surface area is 232 Å². The molecule has 0 saturated heterocycles. The van der Waals surface area contributed by atoms with Gasteiger partial charge < -0.3 is 9.80 Å². The summed E-state index contributed by atoms with van der Waals surface area (Å²) in [4.78, 5) is 60.6. The second kappa shape index (κ2) is 9.42. The maximum absolute atomic E-state index is 14.7. The van der Waals surface area contributed by atoms with Gasteiger partial charge in [-0.15, -0.1) is 0 Å². The fraction of sp³-hybridized carbons (Fsp3) is 0.176. The Morgan fingerprint density at radius 3 is 1.23 bits per heavy atom. The Hall–Kier alpha value is -4.84. The molecule has 0 radical (unpaired) electrons. The normalized spacial score (nSPS) is 21.4. The Morgan fingerprint density at radius 1 is 0.525 bits per heavy atom. The topological polar surface area (TPSA) is 74.8 Å². The summed E-state index contributed by atoms with van der Waals surface area (Å²) >= 11 is 0. The molecule has 0 fully saturated rings. The van der Waals surface area contributed by atoms with Crippen molar-refractivity contribution in [3.63, 3.8) is 0 Å². The van der Waals surface area contributed by atoms with Crippen LogP contribution in [-0.2, 0) is 20.4 Å². The molecular formula is C34H28N2O4. The van der Waals surface area contributed by atoms with Crippen molar-refractivity contribution in [1.29, 1.82) is 0 Å². The first-order valence-corrected chi connectivity index (χ1v) is 13.2. The first kappa shape index (κ1) is 25.4. The lowest BCUT2D eigenvalue weighted by atomic mass is 9.53. The smallest absolute Gasteiger partial charge is 0.239 e. The van der Waals surface area contributed by atoms with Gasteiger partial charge in [-0.1, -0.05) is 97.1 Å². The van der Waals surface area contributed by atoms with E-state index in [0.717, 1.165) is 0 Å². The lowest BCUT2D eigenvalue weighted by molar-refractivity contribution is -0.134. The number of ketones is 2. The third-order valence-electron chi connectivity index (χ3n) is 8.56. The number of carbonyl (C=O) groups excluding carboxylic acids is 4. The fourth-order valence-corrected chi connectivity index (χ4v) is 6.68. The van der Waals surface area contributed by atoms with E-state index in [2.05, 4.69) is 0 Å². The number of amides is 2. The maximum atomic E-state index is 14.7. The number of carbonyl (C=O) groups is 4. The molecule has 0 saturated carbocycles. The van der Waals surface area contributed by atoms with Crippen molar-refractivity contribution in [2.75, 3.05) is 23.9 Å². The molecule has 0 N–H and O–H groups in total. The van der Waals surface area contributed by atoms with Gasteiger partial charge in [0.2, 0.25) is 11.8 Å². The number of likely N-dealkylation sites (N-methyl/N-ethyl adjacent to an activating group) is 2. The monoisotopic (exact) mass is 528 g/mol. The van der Waals surface area contributed by atoms with Gasteiger partial charge in [-0.2, -0.15) is 0 Å². The molecule has 0 aliphatic carbocycles. The number of hydrogen-bond acceptors (Lipinski definition) is 4. The van der Waals surface area contributed by atoms with E-state index in [1.807, 2.05) is 60.7 Å². The van der Waals surface area contributed by atoms with Crippen LogP contribution in [0.5, 0.6) is 0 Å². The van der Waals surface area contributed by atoms with Gasteiger partial charge in [-0.05, 0) is 23.3 Å². The maximum Gasteiger partial charge on any atom is 0.239 e. The largest absolute Gasteiger partial charge is 0.314 e. The highest BCUT2D eigenvalue weighted by Gasteiger charge is 2.70. The Balaban J connectivity index is 1.68. The van der Waals surface area contributed by atoms with Crippen LogP contribution in [0.1, 0.15) is 44.7 Å². The molecule has 0 bridgehead atoms. The third-order valence-corrected chi connectivity index (χ3v) is 8.56. The van der Waals surface area contributed by atoms with E-state index in [1.165, 1.54) is 9.80 Å². The fourth-order valence-electron chi connectivity index (χ4n) is 6.68. The van der Waals surface area contributed by atoms with Crippen molar-refractivity contribution in [1.82, 2.24) is 0 Å². The van der Waals surface area contributed by atoms with Crippen LogP contribution in [0.25, 0.3) is 0 Å². The van der Waals surface area contributed by atoms with Crippen molar-refractivity contribution in [2.24, 2.45) is 0 Å².